The van der Waals surface area contributed by atoms with E-state index in [1.165, 1.54) is 29.7 Å². The Labute approximate surface area is 225 Å². The van der Waals surface area contributed by atoms with Gasteiger partial charge >= 0.3 is 0 Å². The highest BCUT2D eigenvalue weighted by Crippen LogP contribution is 2.28. The van der Waals surface area contributed by atoms with E-state index >= 15 is 0 Å². The summed E-state index contributed by atoms with van der Waals surface area (Å²) in [6.45, 7) is 0. The molecule has 2 aromatic heterocycles. The van der Waals surface area contributed by atoms with Gasteiger partial charge in [0.15, 0.2) is 5.13 Å². The molecule has 0 aliphatic carbocycles. The first-order chi connectivity index (χ1) is 18.4. The molecule has 0 saturated heterocycles. The Kier molecular flexibility index (Phi) is 7.25. The summed E-state index contributed by atoms with van der Waals surface area (Å²) in [4.78, 5) is 27.6. The Bertz CT molecular complexity index is 1630. The van der Waals surface area contributed by atoms with Gasteiger partial charge in [0.2, 0.25) is 0 Å². The van der Waals surface area contributed by atoms with Gasteiger partial charge in [-0.05, 0) is 48.5 Å². The van der Waals surface area contributed by atoms with Crippen LogP contribution in [0.1, 0.15) is 16.1 Å². The summed E-state index contributed by atoms with van der Waals surface area (Å²) in [7, 11) is 0. The van der Waals surface area contributed by atoms with Crippen LogP contribution in [-0.4, -0.2) is 22.0 Å². The highest BCUT2D eigenvalue weighted by atomic mass is 35.5. The number of carbonyl (C=O) groups is 1. The number of nitrogens with one attached hydrogen (secondary N) is 2. The molecule has 9 nitrogen and oxygen atoms in total. The molecule has 0 unspecified atom stereocenters. The van der Waals surface area contributed by atoms with E-state index in [0.29, 0.717) is 27.7 Å². The topological polar surface area (TPSA) is 123 Å². The number of amides is 1. The third kappa shape index (κ3) is 5.94. The molecule has 188 valence electrons. The van der Waals surface area contributed by atoms with Crippen LogP contribution in [-0.2, 0) is 0 Å². The lowest BCUT2D eigenvalue weighted by molar-refractivity contribution is -0.384. The minimum absolute atomic E-state index is 0.0303. The number of anilines is 2. The number of benzene rings is 3. The summed E-state index contributed by atoms with van der Waals surface area (Å²) in [5.74, 6) is 0.445. The number of nitro groups is 1. The summed E-state index contributed by atoms with van der Waals surface area (Å²) in [5.41, 5.74) is 5.97. The van der Waals surface area contributed by atoms with Crippen LogP contribution in [0.3, 0.4) is 0 Å². The number of hydrogen-bond acceptors (Lipinski definition) is 8. The molecule has 0 spiro atoms. The molecule has 0 aliphatic rings. The Hall–Kier alpha value is -4.80. The number of nitro benzene ring substituents is 1. The number of furan rings is 1. The average molecular weight is 544 g/mol. The molecule has 2 N–H and O–H groups in total. The molecular weight excluding hydrogens is 526 g/mol. The normalized spacial score (nSPS) is 11.0. The smallest absolute Gasteiger partial charge is 0.271 e. The lowest BCUT2D eigenvalue weighted by atomic mass is 10.1. The van der Waals surface area contributed by atoms with Gasteiger partial charge in [-0.3, -0.25) is 14.9 Å². The maximum absolute atomic E-state index is 12.5. The molecule has 0 atom stereocenters. The van der Waals surface area contributed by atoms with E-state index in [4.69, 9.17) is 16.0 Å². The number of carbonyl (C=O) groups excluding carboxylic acids is 1. The number of thiazole rings is 1. The van der Waals surface area contributed by atoms with Crippen molar-refractivity contribution < 1.29 is 14.1 Å². The zero-order valence-electron chi connectivity index (χ0n) is 19.5. The fourth-order valence-electron chi connectivity index (χ4n) is 3.48. The minimum atomic E-state index is -0.467. The van der Waals surface area contributed by atoms with E-state index in [1.807, 2.05) is 29.6 Å². The predicted octanol–water partition coefficient (Wildman–Crippen LogP) is 7.14. The third-order valence-corrected chi connectivity index (χ3v) is 6.38. The van der Waals surface area contributed by atoms with Crippen LogP contribution in [0, 0.1) is 10.1 Å². The molecule has 0 radical (unpaired) electrons. The van der Waals surface area contributed by atoms with E-state index in [1.54, 1.807) is 48.5 Å². The number of hydrogen-bond donors (Lipinski definition) is 2. The van der Waals surface area contributed by atoms with E-state index < -0.39 is 4.92 Å². The zero-order chi connectivity index (χ0) is 26.5. The number of rotatable bonds is 8. The summed E-state index contributed by atoms with van der Waals surface area (Å²) >= 11 is 7.40. The molecule has 2 heterocycles. The van der Waals surface area contributed by atoms with Gasteiger partial charge in [-0.2, -0.15) is 5.10 Å². The second-order valence-corrected chi connectivity index (χ2v) is 9.25. The van der Waals surface area contributed by atoms with Crippen molar-refractivity contribution in [2.75, 3.05) is 5.32 Å². The van der Waals surface area contributed by atoms with Crippen molar-refractivity contribution in [2.45, 2.75) is 0 Å². The highest BCUT2D eigenvalue weighted by molar-refractivity contribution is 7.14. The van der Waals surface area contributed by atoms with Crippen molar-refractivity contribution in [2.24, 2.45) is 5.10 Å². The first kappa shape index (κ1) is 24.9. The van der Waals surface area contributed by atoms with E-state index in [0.717, 1.165) is 22.1 Å². The Morgan fingerprint density at radius 2 is 1.82 bits per heavy atom. The quantitative estimate of drug-likeness (QED) is 0.122. The Balaban J connectivity index is 1.18. The average Bonchev–Trinajstić information content (AvgIpc) is 3.60. The fourth-order valence-corrected chi connectivity index (χ4v) is 4.35. The van der Waals surface area contributed by atoms with Crippen molar-refractivity contribution >= 4 is 51.6 Å². The van der Waals surface area contributed by atoms with Gasteiger partial charge in [0.05, 0.1) is 16.8 Å². The van der Waals surface area contributed by atoms with Gasteiger partial charge in [-0.25, -0.2) is 10.4 Å². The lowest BCUT2D eigenvalue weighted by Gasteiger charge is -2.03. The van der Waals surface area contributed by atoms with Crippen LogP contribution < -0.4 is 10.7 Å². The summed E-state index contributed by atoms with van der Waals surface area (Å²) in [6, 6.07) is 23.8. The molecule has 5 aromatic rings. The van der Waals surface area contributed by atoms with Crippen molar-refractivity contribution in [3.63, 3.8) is 0 Å². The molecule has 38 heavy (non-hydrogen) atoms. The van der Waals surface area contributed by atoms with Crippen LogP contribution in [0.2, 0.25) is 5.02 Å². The van der Waals surface area contributed by atoms with Crippen molar-refractivity contribution in [3.8, 4) is 22.6 Å². The van der Waals surface area contributed by atoms with Gasteiger partial charge in [0, 0.05) is 44.9 Å². The first-order valence-electron chi connectivity index (χ1n) is 11.2. The van der Waals surface area contributed by atoms with E-state index in [9.17, 15) is 14.9 Å². The van der Waals surface area contributed by atoms with Crippen LogP contribution in [0.5, 0.6) is 0 Å². The van der Waals surface area contributed by atoms with Crippen LogP contribution in [0.25, 0.3) is 22.6 Å². The number of halogens is 1. The summed E-state index contributed by atoms with van der Waals surface area (Å²) < 4.78 is 5.66. The Morgan fingerprint density at radius 1 is 1.03 bits per heavy atom. The molecule has 0 aliphatic heterocycles. The molecule has 0 bridgehead atoms. The van der Waals surface area contributed by atoms with Crippen molar-refractivity contribution in [3.05, 3.63) is 117 Å². The molecule has 0 saturated carbocycles. The van der Waals surface area contributed by atoms with Crippen LogP contribution in [0.4, 0.5) is 16.5 Å². The number of hydrazone groups is 1. The highest BCUT2D eigenvalue weighted by Gasteiger charge is 2.11. The van der Waals surface area contributed by atoms with Gasteiger partial charge < -0.3 is 9.73 Å². The number of aromatic nitrogens is 1. The second kappa shape index (κ2) is 11.1. The second-order valence-electron chi connectivity index (χ2n) is 7.96. The molecule has 0 fully saturated rings. The van der Waals surface area contributed by atoms with Gasteiger partial charge in [-0.1, -0.05) is 35.9 Å². The minimum Gasteiger partial charge on any atom is -0.455 e. The maximum Gasteiger partial charge on any atom is 0.271 e. The van der Waals surface area contributed by atoms with Crippen molar-refractivity contribution in [1.29, 1.82) is 0 Å². The predicted molar refractivity (Wildman–Crippen MR) is 148 cm³/mol. The molecular formula is C27H18ClN5O4S. The monoisotopic (exact) mass is 543 g/mol. The first-order valence-corrected chi connectivity index (χ1v) is 12.5. The van der Waals surface area contributed by atoms with Crippen molar-refractivity contribution in [1.82, 2.24) is 10.4 Å². The van der Waals surface area contributed by atoms with Gasteiger partial charge in [0.1, 0.15) is 11.5 Å². The number of nitrogens with zero attached hydrogens (tertiary/aromatic N) is 3. The third-order valence-electron chi connectivity index (χ3n) is 5.37. The van der Waals surface area contributed by atoms with Gasteiger partial charge in [0.25, 0.3) is 11.6 Å². The number of non-ortho nitro benzene ring substituents is 1. The van der Waals surface area contributed by atoms with E-state index in [2.05, 4.69) is 20.8 Å². The summed E-state index contributed by atoms with van der Waals surface area (Å²) in [6.07, 6.45) is 1.36. The van der Waals surface area contributed by atoms with Gasteiger partial charge in [-0.15, -0.1) is 11.3 Å². The lowest BCUT2D eigenvalue weighted by Crippen LogP contribution is -2.17. The Morgan fingerprint density at radius 3 is 2.58 bits per heavy atom. The zero-order valence-corrected chi connectivity index (χ0v) is 21.1. The molecule has 1 amide bonds. The van der Waals surface area contributed by atoms with Crippen LogP contribution >= 0.6 is 22.9 Å². The maximum atomic E-state index is 12.5. The molecule has 11 heteroatoms. The standard InChI is InChI=1S/C27H18ClN5O4S/c28-20-8-10-21(11-9-20)30-27-31-24(16-38-27)17-4-6-18(7-5-17)26(34)32-29-15-23-12-13-25(37-23)19-2-1-3-22(14-19)33(35)36/h1-16H,(H,30,31)(H,32,34)/b29-15-. The largest absolute Gasteiger partial charge is 0.455 e. The molecule has 5 rings (SSSR count). The van der Waals surface area contributed by atoms with Crippen LogP contribution in [0.15, 0.2) is 99.8 Å². The fraction of sp³-hybridized carbons (Fsp3) is 0. The molecule has 3 aromatic carbocycles. The summed E-state index contributed by atoms with van der Waals surface area (Å²) in [5, 5.41) is 21.5. The van der Waals surface area contributed by atoms with E-state index in [-0.39, 0.29) is 11.6 Å². The SMILES string of the molecule is O=C(N/N=C\c1ccc(-c2cccc([N+](=O)[O-])c2)o1)c1ccc(-c2csc(Nc3ccc(Cl)cc3)n2)cc1.